The van der Waals surface area contributed by atoms with Crippen molar-refractivity contribution in [3.05, 3.63) is 59.7 Å². The highest BCUT2D eigenvalue weighted by Gasteiger charge is 2.21. The van der Waals surface area contributed by atoms with Gasteiger partial charge in [0.15, 0.2) is 0 Å². The Kier molecular flexibility index (Phi) is 7.53. The van der Waals surface area contributed by atoms with Gasteiger partial charge >= 0.3 is 6.03 Å². The molecule has 0 bridgehead atoms. The van der Waals surface area contributed by atoms with Crippen LogP contribution in [0.5, 0.6) is 11.5 Å². The number of nitrogens with one attached hydrogen (secondary N) is 1. The first-order valence-electron chi connectivity index (χ1n) is 9.43. The quantitative estimate of drug-likeness (QED) is 0.718. The van der Waals surface area contributed by atoms with E-state index in [-0.39, 0.29) is 23.9 Å². The standard InChI is InChI=1S/C22H30N2O3/c1-5-24(17(3)19-7-6-8-21(15-19)27-4)22(26)23-16(2)9-10-18-11-13-20(25)14-12-18/h6-8,11-17,25H,5,9-10H2,1-4H3,(H,23,26). The number of rotatable bonds is 8. The molecule has 146 valence electrons. The van der Waals surface area contributed by atoms with E-state index in [0.717, 1.165) is 29.7 Å². The molecule has 2 aromatic carbocycles. The van der Waals surface area contributed by atoms with Crippen LogP contribution in [0, 0.1) is 0 Å². The fourth-order valence-corrected chi connectivity index (χ4v) is 3.09. The van der Waals surface area contributed by atoms with Gasteiger partial charge in [-0.15, -0.1) is 0 Å². The van der Waals surface area contributed by atoms with Crippen molar-refractivity contribution in [2.24, 2.45) is 0 Å². The van der Waals surface area contributed by atoms with Gasteiger partial charge in [-0.1, -0.05) is 24.3 Å². The SMILES string of the molecule is CCN(C(=O)NC(C)CCc1ccc(O)cc1)C(C)c1cccc(OC)c1. The van der Waals surface area contributed by atoms with Crippen LogP contribution in [0.3, 0.4) is 0 Å². The van der Waals surface area contributed by atoms with E-state index in [2.05, 4.69) is 5.32 Å². The van der Waals surface area contributed by atoms with Crippen LogP contribution >= 0.6 is 0 Å². The molecule has 0 heterocycles. The highest BCUT2D eigenvalue weighted by atomic mass is 16.5. The average Bonchev–Trinajstić information content (AvgIpc) is 2.68. The number of phenols is 1. The van der Waals surface area contributed by atoms with Crippen LogP contribution < -0.4 is 10.1 Å². The Bertz CT molecular complexity index is 731. The highest BCUT2D eigenvalue weighted by molar-refractivity contribution is 5.75. The van der Waals surface area contributed by atoms with E-state index in [1.165, 1.54) is 0 Å². The smallest absolute Gasteiger partial charge is 0.318 e. The Morgan fingerprint density at radius 3 is 2.52 bits per heavy atom. The summed E-state index contributed by atoms with van der Waals surface area (Å²) in [5.74, 6) is 1.06. The van der Waals surface area contributed by atoms with E-state index in [1.54, 1.807) is 19.2 Å². The summed E-state index contributed by atoms with van der Waals surface area (Å²) in [5.41, 5.74) is 2.19. The van der Waals surface area contributed by atoms with Crippen LogP contribution in [0.15, 0.2) is 48.5 Å². The second-order valence-corrected chi connectivity index (χ2v) is 6.79. The number of carbonyl (C=O) groups is 1. The van der Waals surface area contributed by atoms with E-state index in [0.29, 0.717) is 6.54 Å². The van der Waals surface area contributed by atoms with E-state index in [4.69, 9.17) is 4.74 Å². The van der Waals surface area contributed by atoms with Gasteiger partial charge in [-0.25, -0.2) is 4.79 Å². The van der Waals surface area contributed by atoms with Gasteiger partial charge in [-0.2, -0.15) is 0 Å². The van der Waals surface area contributed by atoms with Crippen molar-refractivity contribution >= 4 is 6.03 Å². The average molecular weight is 370 g/mol. The predicted octanol–water partition coefficient (Wildman–Crippen LogP) is 4.51. The van der Waals surface area contributed by atoms with Gasteiger partial charge in [-0.05, 0) is 69.0 Å². The number of aromatic hydroxyl groups is 1. The molecule has 5 nitrogen and oxygen atoms in total. The van der Waals surface area contributed by atoms with Crippen LogP contribution in [0.2, 0.25) is 0 Å². The second-order valence-electron chi connectivity index (χ2n) is 6.79. The normalized spacial score (nSPS) is 12.9. The molecule has 0 saturated heterocycles. The number of amides is 2. The number of methoxy groups -OCH3 is 1. The molecule has 2 rings (SSSR count). The van der Waals surface area contributed by atoms with Gasteiger partial charge < -0.3 is 20.1 Å². The number of nitrogens with zero attached hydrogens (tertiary/aromatic N) is 1. The first-order chi connectivity index (χ1) is 12.9. The van der Waals surface area contributed by atoms with Gasteiger partial charge in [0.25, 0.3) is 0 Å². The number of hydrogen-bond acceptors (Lipinski definition) is 3. The molecule has 2 N–H and O–H groups in total. The summed E-state index contributed by atoms with van der Waals surface area (Å²) in [6, 6.07) is 15.0. The molecule has 0 radical (unpaired) electrons. The molecule has 2 atom stereocenters. The molecule has 27 heavy (non-hydrogen) atoms. The zero-order chi connectivity index (χ0) is 19.8. The van der Waals surface area contributed by atoms with Crippen LogP contribution in [0.1, 0.15) is 44.4 Å². The maximum absolute atomic E-state index is 12.8. The molecule has 0 aromatic heterocycles. The highest BCUT2D eigenvalue weighted by Crippen LogP contribution is 2.24. The lowest BCUT2D eigenvalue weighted by Crippen LogP contribution is -2.45. The number of carbonyl (C=O) groups excluding carboxylic acids is 1. The Morgan fingerprint density at radius 1 is 1.19 bits per heavy atom. The van der Waals surface area contributed by atoms with Crippen molar-refractivity contribution in [3.8, 4) is 11.5 Å². The van der Waals surface area contributed by atoms with E-state index in [9.17, 15) is 9.90 Å². The summed E-state index contributed by atoms with van der Waals surface area (Å²) in [5, 5.41) is 12.4. The largest absolute Gasteiger partial charge is 0.508 e. The van der Waals surface area contributed by atoms with Crippen LogP contribution in [0.4, 0.5) is 4.79 Å². The minimum Gasteiger partial charge on any atom is -0.508 e. The number of phenolic OH excluding ortho intramolecular Hbond substituents is 1. The molecule has 2 amide bonds. The zero-order valence-corrected chi connectivity index (χ0v) is 16.6. The van der Waals surface area contributed by atoms with Crippen molar-refractivity contribution in [3.63, 3.8) is 0 Å². The summed E-state index contributed by atoms with van der Waals surface area (Å²) in [7, 11) is 1.64. The van der Waals surface area contributed by atoms with Gasteiger partial charge in [-0.3, -0.25) is 0 Å². The van der Waals surface area contributed by atoms with E-state index >= 15 is 0 Å². The molecule has 0 aliphatic heterocycles. The van der Waals surface area contributed by atoms with Crippen LogP contribution in [0.25, 0.3) is 0 Å². The van der Waals surface area contributed by atoms with Crippen molar-refractivity contribution < 1.29 is 14.6 Å². The van der Waals surface area contributed by atoms with Gasteiger partial charge in [0.2, 0.25) is 0 Å². The van der Waals surface area contributed by atoms with E-state index in [1.807, 2.05) is 62.1 Å². The fourth-order valence-electron chi connectivity index (χ4n) is 3.09. The molecule has 0 saturated carbocycles. The molecular formula is C22H30N2O3. The number of aryl methyl sites for hydroxylation is 1. The molecule has 0 aliphatic rings. The van der Waals surface area contributed by atoms with Gasteiger partial charge in [0.05, 0.1) is 13.2 Å². The Labute approximate surface area is 162 Å². The van der Waals surface area contributed by atoms with Crippen molar-refractivity contribution in [1.82, 2.24) is 10.2 Å². The Morgan fingerprint density at radius 2 is 1.89 bits per heavy atom. The zero-order valence-electron chi connectivity index (χ0n) is 16.6. The van der Waals surface area contributed by atoms with Crippen molar-refractivity contribution in [2.75, 3.05) is 13.7 Å². The number of hydrogen-bond donors (Lipinski definition) is 2. The number of urea groups is 1. The molecule has 5 heteroatoms. The summed E-state index contributed by atoms with van der Waals surface area (Å²) >= 11 is 0. The van der Waals surface area contributed by atoms with Crippen molar-refractivity contribution in [2.45, 2.75) is 45.7 Å². The maximum atomic E-state index is 12.8. The third kappa shape index (κ3) is 5.91. The third-order valence-corrected chi connectivity index (χ3v) is 4.82. The lowest BCUT2D eigenvalue weighted by atomic mass is 10.1. The predicted molar refractivity (Wildman–Crippen MR) is 108 cm³/mol. The monoisotopic (exact) mass is 370 g/mol. The van der Waals surface area contributed by atoms with E-state index < -0.39 is 0 Å². The summed E-state index contributed by atoms with van der Waals surface area (Å²) in [6.45, 7) is 6.65. The molecule has 0 fully saturated rings. The molecule has 2 aromatic rings. The minimum absolute atomic E-state index is 0.0469. The molecule has 0 aliphatic carbocycles. The molecule has 0 spiro atoms. The summed E-state index contributed by atoms with van der Waals surface area (Å²) in [6.07, 6.45) is 1.68. The Hall–Kier alpha value is -2.69. The molecule has 2 unspecified atom stereocenters. The topological polar surface area (TPSA) is 61.8 Å². The fraction of sp³-hybridized carbons (Fsp3) is 0.409. The second kappa shape index (κ2) is 9.86. The first-order valence-corrected chi connectivity index (χ1v) is 9.43. The first kappa shape index (κ1) is 20.6. The third-order valence-electron chi connectivity index (χ3n) is 4.82. The van der Waals surface area contributed by atoms with Crippen molar-refractivity contribution in [1.29, 1.82) is 0 Å². The van der Waals surface area contributed by atoms with Crippen LogP contribution in [-0.2, 0) is 6.42 Å². The molecular weight excluding hydrogens is 340 g/mol. The lowest BCUT2D eigenvalue weighted by molar-refractivity contribution is 0.179. The maximum Gasteiger partial charge on any atom is 0.318 e. The lowest BCUT2D eigenvalue weighted by Gasteiger charge is -2.30. The summed E-state index contributed by atoms with van der Waals surface area (Å²) < 4.78 is 5.29. The minimum atomic E-state index is -0.0639. The van der Waals surface area contributed by atoms with Crippen LogP contribution in [-0.4, -0.2) is 35.7 Å². The Balaban J connectivity index is 1.93. The number of ether oxygens (including phenoxy) is 1. The number of benzene rings is 2. The van der Waals surface area contributed by atoms with Gasteiger partial charge in [0.1, 0.15) is 11.5 Å². The summed E-state index contributed by atoms with van der Waals surface area (Å²) in [4.78, 5) is 14.6. The van der Waals surface area contributed by atoms with Gasteiger partial charge in [0, 0.05) is 12.6 Å².